The van der Waals surface area contributed by atoms with E-state index in [1.807, 2.05) is 30.6 Å². The predicted molar refractivity (Wildman–Crippen MR) is 91.6 cm³/mol. The third-order valence-electron chi connectivity index (χ3n) is 4.26. The molecule has 0 saturated heterocycles. The fourth-order valence-electron chi connectivity index (χ4n) is 3.06. The molecular weight excluding hydrogens is 306 g/mol. The Bertz CT molecular complexity index is 755. The van der Waals surface area contributed by atoms with Gasteiger partial charge in [-0.15, -0.1) is 0 Å². The molecule has 3 N–H and O–H groups in total. The van der Waals surface area contributed by atoms with Crippen LogP contribution in [0.5, 0.6) is 11.5 Å². The number of nitrogens with two attached hydrogens (primary N) is 1. The average molecular weight is 327 g/mol. The first-order chi connectivity index (χ1) is 11.8. The molecule has 0 spiro atoms. The van der Waals surface area contributed by atoms with E-state index < -0.39 is 0 Å². The lowest BCUT2D eigenvalue weighted by atomic mass is 10.1. The third-order valence-corrected chi connectivity index (χ3v) is 4.26. The van der Waals surface area contributed by atoms with E-state index in [1.54, 1.807) is 0 Å². The Morgan fingerprint density at radius 1 is 1.29 bits per heavy atom. The Labute approximate surface area is 140 Å². The van der Waals surface area contributed by atoms with Crippen LogP contribution in [0.25, 0.3) is 0 Å². The molecule has 126 valence electrons. The number of fused-ring (bicyclic) bond motifs is 2. The molecule has 0 fully saturated rings. The van der Waals surface area contributed by atoms with Crippen LogP contribution in [0, 0.1) is 0 Å². The van der Waals surface area contributed by atoms with Crippen molar-refractivity contribution in [2.24, 2.45) is 10.7 Å². The van der Waals surface area contributed by atoms with Gasteiger partial charge in [0.05, 0.1) is 19.3 Å². The van der Waals surface area contributed by atoms with Gasteiger partial charge in [-0.05, 0) is 18.6 Å². The third kappa shape index (κ3) is 3.15. The summed E-state index contributed by atoms with van der Waals surface area (Å²) in [5.74, 6) is 2.99. The topological polar surface area (TPSA) is 86.7 Å². The molecule has 0 saturated carbocycles. The standard InChI is InChI=1S/C17H21N5O2/c18-17(21-13-4-6-22-7-5-19-16(22)11-13)20-12-2-3-14-15(10-12)24-9-1-8-23-14/h2-3,5,7,10,13H,1,4,6,8-9,11H2,(H3,18,20,21). The van der Waals surface area contributed by atoms with Gasteiger partial charge in [-0.2, -0.15) is 0 Å². The Morgan fingerprint density at radius 3 is 3.08 bits per heavy atom. The van der Waals surface area contributed by atoms with Gasteiger partial charge in [0.25, 0.3) is 0 Å². The highest BCUT2D eigenvalue weighted by molar-refractivity contribution is 5.92. The zero-order chi connectivity index (χ0) is 16.4. The number of benzene rings is 1. The fourth-order valence-corrected chi connectivity index (χ4v) is 3.06. The molecule has 7 heteroatoms. The van der Waals surface area contributed by atoms with Gasteiger partial charge in [0, 0.05) is 43.5 Å². The largest absolute Gasteiger partial charge is 0.490 e. The molecule has 0 bridgehead atoms. The van der Waals surface area contributed by atoms with Gasteiger partial charge in [0.1, 0.15) is 5.82 Å². The fraction of sp³-hybridized carbons (Fsp3) is 0.412. The van der Waals surface area contributed by atoms with Crippen LogP contribution < -0.4 is 20.5 Å². The molecule has 2 aliphatic heterocycles. The molecule has 2 aromatic rings. The molecule has 7 nitrogen and oxygen atoms in total. The number of guanidine groups is 1. The summed E-state index contributed by atoms with van der Waals surface area (Å²) in [6.45, 7) is 2.27. The smallest absolute Gasteiger partial charge is 0.193 e. The monoisotopic (exact) mass is 327 g/mol. The number of hydrogen-bond acceptors (Lipinski definition) is 4. The molecule has 3 heterocycles. The molecule has 1 aromatic carbocycles. The first-order valence-electron chi connectivity index (χ1n) is 8.28. The highest BCUT2D eigenvalue weighted by Crippen LogP contribution is 2.32. The molecule has 1 aromatic heterocycles. The lowest BCUT2D eigenvalue weighted by Crippen LogP contribution is -2.29. The van der Waals surface area contributed by atoms with E-state index in [-0.39, 0.29) is 6.04 Å². The van der Waals surface area contributed by atoms with E-state index in [0.29, 0.717) is 19.2 Å². The van der Waals surface area contributed by atoms with Crippen LogP contribution in [0.1, 0.15) is 18.7 Å². The predicted octanol–water partition coefficient (Wildman–Crippen LogP) is 1.79. The number of hydrogen-bond donors (Lipinski definition) is 2. The first-order valence-corrected chi connectivity index (χ1v) is 8.28. The van der Waals surface area contributed by atoms with Gasteiger partial charge in [0.2, 0.25) is 0 Å². The van der Waals surface area contributed by atoms with Gasteiger partial charge >= 0.3 is 0 Å². The van der Waals surface area contributed by atoms with E-state index >= 15 is 0 Å². The normalized spacial score (nSPS) is 20.2. The van der Waals surface area contributed by atoms with Crippen LogP contribution in [-0.2, 0) is 13.0 Å². The SMILES string of the molecule is NC(=NC1CCn2ccnc2C1)Nc1ccc2c(c1)OCCCO2. The first kappa shape index (κ1) is 14.9. The molecule has 0 amide bonds. The minimum atomic E-state index is 0.160. The number of imidazole rings is 1. The van der Waals surface area contributed by atoms with Gasteiger partial charge in [-0.1, -0.05) is 0 Å². The molecule has 0 radical (unpaired) electrons. The summed E-state index contributed by atoms with van der Waals surface area (Å²) < 4.78 is 13.5. The zero-order valence-corrected chi connectivity index (χ0v) is 13.4. The maximum Gasteiger partial charge on any atom is 0.193 e. The number of nitrogens with one attached hydrogen (secondary N) is 1. The van der Waals surface area contributed by atoms with Crippen molar-refractivity contribution < 1.29 is 9.47 Å². The lowest BCUT2D eigenvalue weighted by Gasteiger charge is -2.20. The number of aryl methyl sites for hydroxylation is 1. The number of anilines is 1. The van der Waals surface area contributed by atoms with Crippen LogP contribution in [0.15, 0.2) is 35.6 Å². The number of aliphatic imine (C=N–C) groups is 1. The van der Waals surface area contributed by atoms with E-state index in [4.69, 9.17) is 15.2 Å². The Kier molecular flexibility index (Phi) is 3.98. The van der Waals surface area contributed by atoms with E-state index in [1.165, 1.54) is 0 Å². The van der Waals surface area contributed by atoms with Gasteiger partial charge in [-0.25, -0.2) is 9.98 Å². The molecule has 24 heavy (non-hydrogen) atoms. The van der Waals surface area contributed by atoms with Crippen molar-refractivity contribution in [2.75, 3.05) is 18.5 Å². The van der Waals surface area contributed by atoms with Crippen molar-refractivity contribution in [1.29, 1.82) is 0 Å². The highest BCUT2D eigenvalue weighted by Gasteiger charge is 2.19. The molecule has 1 unspecified atom stereocenters. The summed E-state index contributed by atoms with van der Waals surface area (Å²) in [5, 5.41) is 3.14. The van der Waals surface area contributed by atoms with Crippen LogP contribution in [0.2, 0.25) is 0 Å². The van der Waals surface area contributed by atoms with Crippen LogP contribution in [-0.4, -0.2) is 34.8 Å². The Morgan fingerprint density at radius 2 is 2.17 bits per heavy atom. The Balaban J connectivity index is 1.44. The van der Waals surface area contributed by atoms with E-state index in [0.717, 1.165) is 48.8 Å². The van der Waals surface area contributed by atoms with Crippen LogP contribution >= 0.6 is 0 Å². The zero-order valence-electron chi connectivity index (χ0n) is 13.4. The molecule has 0 aliphatic carbocycles. The second-order valence-corrected chi connectivity index (χ2v) is 6.03. The molecule has 4 rings (SSSR count). The molecule has 1 atom stereocenters. The lowest BCUT2D eigenvalue weighted by molar-refractivity contribution is 0.297. The summed E-state index contributed by atoms with van der Waals surface area (Å²) in [6.07, 6.45) is 6.51. The average Bonchev–Trinajstić information content (AvgIpc) is 2.91. The Hall–Kier alpha value is -2.70. The summed E-state index contributed by atoms with van der Waals surface area (Å²) in [7, 11) is 0. The quantitative estimate of drug-likeness (QED) is 0.649. The maximum absolute atomic E-state index is 6.08. The van der Waals surface area contributed by atoms with E-state index in [2.05, 4.69) is 19.9 Å². The molecule has 2 aliphatic rings. The minimum Gasteiger partial charge on any atom is -0.490 e. The maximum atomic E-state index is 6.08. The van der Waals surface area contributed by atoms with Gasteiger partial charge in [0.15, 0.2) is 17.5 Å². The number of rotatable bonds is 2. The summed E-state index contributed by atoms with van der Waals surface area (Å²) in [6, 6.07) is 5.88. The van der Waals surface area contributed by atoms with Crippen molar-refractivity contribution in [3.63, 3.8) is 0 Å². The van der Waals surface area contributed by atoms with E-state index in [9.17, 15) is 0 Å². The van der Waals surface area contributed by atoms with Crippen LogP contribution in [0.3, 0.4) is 0 Å². The van der Waals surface area contributed by atoms with Gasteiger partial charge < -0.3 is 25.1 Å². The van der Waals surface area contributed by atoms with Crippen molar-refractivity contribution in [1.82, 2.24) is 9.55 Å². The summed E-state index contributed by atoms with van der Waals surface area (Å²) >= 11 is 0. The number of nitrogens with zero attached hydrogens (tertiary/aromatic N) is 3. The van der Waals surface area contributed by atoms with Crippen molar-refractivity contribution in [3.05, 3.63) is 36.4 Å². The summed E-state index contributed by atoms with van der Waals surface area (Å²) in [4.78, 5) is 8.96. The second kappa shape index (κ2) is 6.43. The summed E-state index contributed by atoms with van der Waals surface area (Å²) in [5.41, 5.74) is 6.92. The van der Waals surface area contributed by atoms with Crippen LogP contribution in [0.4, 0.5) is 5.69 Å². The minimum absolute atomic E-state index is 0.160. The number of aromatic nitrogens is 2. The molecular formula is C17H21N5O2. The van der Waals surface area contributed by atoms with Crippen molar-refractivity contribution in [3.8, 4) is 11.5 Å². The number of ether oxygens (including phenoxy) is 2. The van der Waals surface area contributed by atoms with Crippen molar-refractivity contribution >= 4 is 11.6 Å². The highest BCUT2D eigenvalue weighted by atomic mass is 16.5. The van der Waals surface area contributed by atoms with Crippen molar-refractivity contribution in [2.45, 2.75) is 31.8 Å². The van der Waals surface area contributed by atoms with Gasteiger partial charge in [-0.3, -0.25) is 0 Å². The second-order valence-electron chi connectivity index (χ2n) is 6.03.